The van der Waals surface area contributed by atoms with E-state index in [1.54, 1.807) is 19.1 Å². The standard InChI is InChI=1S/C28H42N4O7/c1-17(2)11-22(29)26(36)31-18(3)25(35)30-14-28(15-39-16-28)32-10-4-5-23(32)24(34)13-20(27(37)38)12-19-6-8-21(33)9-7-19/h6-9,17-18,20,22-23,33H,4-5,10-16,29H2,1-3H3,(H,30,35)(H,31,36)(H,37,38)/t18-,20+,22-,23-/m0/s1. The van der Waals surface area contributed by atoms with Crippen molar-refractivity contribution in [1.82, 2.24) is 15.5 Å². The van der Waals surface area contributed by atoms with Crippen molar-refractivity contribution < 1.29 is 34.1 Å². The number of ether oxygens (including phenoxy) is 1. The number of carboxylic acid groups (broad SMARTS) is 1. The van der Waals surface area contributed by atoms with Crippen LogP contribution in [0.15, 0.2) is 24.3 Å². The number of phenolic OH excluding ortho intramolecular Hbond substituents is 1. The van der Waals surface area contributed by atoms with E-state index >= 15 is 0 Å². The van der Waals surface area contributed by atoms with Crippen molar-refractivity contribution in [2.75, 3.05) is 26.3 Å². The molecule has 1 aromatic carbocycles. The summed E-state index contributed by atoms with van der Waals surface area (Å²) in [6, 6.07) is 4.38. The molecule has 0 bridgehead atoms. The molecule has 11 heteroatoms. The maximum atomic E-state index is 13.4. The molecule has 39 heavy (non-hydrogen) atoms. The van der Waals surface area contributed by atoms with E-state index < -0.39 is 35.6 Å². The number of hydrogen-bond acceptors (Lipinski definition) is 8. The monoisotopic (exact) mass is 546 g/mol. The predicted molar refractivity (Wildman–Crippen MR) is 144 cm³/mol. The summed E-state index contributed by atoms with van der Waals surface area (Å²) in [5.41, 5.74) is 6.08. The average molecular weight is 547 g/mol. The van der Waals surface area contributed by atoms with Crippen molar-refractivity contribution >= 4 is 23.6 Å². The number of carbonyl (C=O) groups excluding carboxylic acids is 3. The molecule has 0 spiro atoms. The zero-order valence-corrected chi connectivity index (χ0v) is 23.0. The average Bonchev–Trinajstić information content (AvgIpc) is 3.33. The molecule has 2 aliphatic heterocycles. The number of nitrogens with one attached hydrogen (secondary N) is 2. The smallest absolute Gasteiger partial charge is 0.307 e. The molecule has 6 N–H and O–H groups in total. The third kappa shape index (κ3) is 8.00. The topological polar surface area (TPSA) is 171 Å². The molecule has 1 aromatic rings. The normalized spacial score (nSPS) is 21.0. The van der Waals surface area contributed by atoms with Crippen LogP contribution in [0, 0.1) is 11.8 Å². The first-order valence-corrected chi connectivity index (χ1v) is 13.6. The second-order valence-electron chi connectivity index (χ2n) is 11.3. The zero-order chi connectivity index (χ0) is 28.7. The highest BCUT2D eigenvalue weighted by molar-refractivity contribution is 5.90. The first kappa shape index (κ1) is 30.5. The van der Waals surface area contributed by atoms with Crippen molar-refractivity contribution in [3.63, 3.8) is 0 Å². The van der Waals surface area contributed by atoms with Crippen molar-refractivity contribution in [2.24, 2.45) is 17.6 Å². The quantitative estimate of drug-likeness (QED) is 0.227. The van der Waals surface area contributed by atoms with Crippen LogP contribution in [0.1, 0.15) is 52.0 Å². The van der Waals surface area contributed by atoms with E-state index in [4.69, 9.17) is 10.5 Å². The van der Waals surface area contributed by atoms with Gasteiger partial charge in [0.2, 0.25) is 11.8 Å². The van der Waals surface area contributed by atoms with Crippen LogP contribution in [0.4, 0.5) is 0 Å². The highest BCUT2D eigenvalue weighted by Crippen LogP contribution is 2.34. The Morgan fingerprint density at radius 3 is 2.36 bits per heavy atom. The van der Waals surface area contributed by atoms with E-state index in [-0.39, 0.29) is 48.7 Å². The number of phenols is 1. The molecule has 2 fully saturated rings. The molecule has 2 heterocycles. The van der Waals surface area contributed by atoms with Crippen LogP contribution in [-0.4, -0.2) is 88.6 Å². The van der Waals surface area contributed by atoms with Gasteiger partial charge >= 0.3 is 5.97 Å². The highest BCUT2D eigenvalue weighted by atomic mass is 16.5. The molecule has 4 atom stereocenters. The first-order valence-electron chi connectivity index (χ1n) is 13.6. The van der Waals surface area contributed by atoms with E-state index in [1.807, 2.05) is 13.8 Å². The number of likely N-dealkylation sites (tertiary alicyclic amines) is 1. The molecule has 216 valence electrons. The Kier molecular flexibility index (Phi) is 10.5. The van der Waals surface area contributed by atoms with Crippen LogP contribution in [0.3, 0.4) is 0 Å². The van der Waals surface area contributed by atoms with Crippen LogP contribution in [0.2, 0.25) is 0 Å². The van der Waals surface area contributed by atoms with Gasteiger partial charge in [0.15, 0.2) is 5.78 Å². The summed E-state index contributed by atoms with van der Waals surface area (Å²) in [5.74, 6) is -2.45. The third-order valence-corrected chi connectivity index (χ3v) is 7.60. The fourth-order valence-corrected chi connectivity index (χ4v) is 5.32. The number of carboxylic acids is 1. The lowest BCUT2D eigenvalue weighted by molar-refractivity contribution is -0.157. The molecule has 0 unspecified atom stereocenters. The van der Waals surface area contributed by atoms with Crippen LogP contribution in [0.5, 0.6) is 5.75 Å². The molecular formula is C28H42N4O7. The van der Waals surface area contributed by atoms with Gasteiger partial charge in [-0.3, -0.25) is 24.1 Å². The Balaban J connectivity index is 1.59. The van der Waals surface area contributed by atoms with E-state index in [1.165, 1.54) is 12.1 Å². The van der Waals surface area contributed by atoms with E-state index in [0.29, 0.717) is 32.6 Å². The molecule has 2 amide bonds. The minimum absolute atomic E-state index is 0.0925. The number of aliphatic carboxylic acids is 1. The summed E-state index contributed by atoms with van der Waals surface area (Å²) < 4.78 is 5.51. The van der Waals surface area contributed by atoms with E-state index in [0.717, 1.165) is 12.0 Å². The number of amides is 2. The number of nitrogens with zero attached hydrogens (tertiary/aromatic N) is 1. The van der Waals surface area contributed by atoms with Crippen molar-refractivity contribution in [3.05, 3.63) is 29.8 Å². The Hall–Kier alpha value is -3.02. The van der Waals surface area contributed by atoms with Crippen molar-refractivity contribution in [3.8, 4) is 5.75 Å². The van der Waals surface area contributed by atoms with Gasteiger partial charge in [0.05, 0.1) is 36.8 Å². The number of hydrogen-bond donors (Lipinski definition) is 5. The summed E-state index contributed by atoms with van der Waals surface area (Å²) in [5, 5.41) is 24.8. The molecular weight excluding hydrogens is 504 g/mol. The molecule has 0 aromatic heterocycles. The number of carbonyl (C=O) groups is 4. The van der Waals surface area contributed by atoms with E-state index in [2.05, 4.69) is 15.5 Å². The number of rotatable bonds is 14. The van der Waals surface area contributed by atoms with Gasteiger partial charge in [-0.1, -0.05) is 26.0 Å². The summed E-state index contributed by atoms with van der Waals surface area (Å²) in [6.45, 7) is 7.10. The Labute approximate surface area is 229 Å². The van der Waals surface area contributed by atoms with Crippen molar-refractivity contribution in [2.45, 2.75) is 76.5 Å². The Morgan fingerprint density at radius 1 is 1.13 bits per heavy atom. The van der Waals surface area contributed by atoms with Gasteiger partial charge in [0.25, 0.3) is 0 Å². The van der Waals surface area contributed by atoms with Gasteiger partial charge in [-0.25, -0.2) is 0 Å². The van der Waals surface area contributed by atoms with Crippen molar-refractivity contribution in [1.29, 1.82) is 0 Å². The number of benzene rings is 1. The van der Waals surface area contributed by atoms with Gasteiger partial charge in [-0.05, 0) is 62.8 Å². The van der Waals surface area contributed by atoms with Crippen LogP contribution in [-0.2, 0) is 30.3 Å². The molecule has 0 aliphatic carbocycles. The Morgan fingerprint density at radius 2 is 1.79 bits per heavy atom. The van der Waals surface area contributed by atoms with Crippen LogP contribution >= 0.6 is 0 Å². The fraction of sp³-hybridized carbons (Fsp3) is 0.643. The minimum atomic E-state index is -1.04. The van der Waals surface area contributed by atoms with Gasteiger partial charge in [0, 0.05) is 13.0 Å². The number of Topliss-reactive ketones (excluding diaryl/α,β-unsaturated/α-hetero) is 1. The summed E-state index contributed by atoms with van der Waals surface area (Å²) >= 11 is 0. The lowest BCUT2D eigenvalue weighted by Crippen LogP contribution is -2.69. The first-order chi connectivity index (χ1) is 18.4. The second kappa shape index (κ2) is 13.4. The summed E-state index contributed by atoms with van der Waals surface area (Å²) in [7, 11) is 0. The lowest BCUT2D eigenvalue weighted by Gasteiger charge is -2.50. The Bertz CT molecular complexity index is 1030. The minimum Gasteiger partial charge on any atom is -0.508 e. The lowest BCUT2D eigenvalue weighted by atomic mass is 9.88. The largest absolute Gasteiger partial charge is 0.508 e. The fourth-order valence-electron chi connectivity index (χ4n) is 5.32. The molecule has 0 radical (unpaired) electrons. The highest BCUT2D eigenvalue weighted by Gasteiger charge is 2.50. The molecule has 3 rings (SSSR count). The second-order valence-corrected chi connectivity index (χ2v) is 11.3. The van der Waals surface area contributed by atoms with Gasteiger partial charge in [0.1, 0.15) is 11.8 Å². The number of ketones is 1. The third-order valence-electron chi connectivity index (χ3n) is 7.60. The van der Waals surface area contributed by atoms with E-state index in [9.17, 15) is 29.4 Å². The van der Waals surface area contributed by atoms with Crippen LogP contribution in [0.25, 0.3) is 0 Å². The molecule has 0 saturated carbocycles. The number of aromatic hydroxyl groups is 1. The molecule has 2 saturated heterocycles. The maximum Gasteiger partial charge on any atom is 0.307 e. The SMILES string of the molecule is CC(C)C[C@H](N)C(=O)N[C@@H](C)C(=O)NCC1(N2CCC[C@H]2C(=O)C[C@@H](Cc2ccc(O)cc2)C(=O)O)COC1. The molecule has 2 aliphatic rings. The predicted octanol–water partition coefficient (Wildman–Crippen LogP) is 0.822. The van der Waals surface area contributed by atoms with Gasteiger partial charge in [-0.15, -0.1) is 0 Å². The number of nitrogens with two attached hydrogens (primary N) is 1. The van der Waals surface area contributed by atoms with Gasteiger partial charge < -0.3 is 31.3 Å². The summed E-state index contributed by atoms with van der Waals surface area (Å²) in [4.78, 5) is 52.5. The maximum absolute atomic E-state index is 13.4. The van der Waals surface area contributed by atoms with Crippen LogP contribution < -0.4 is 16.4 Å². The zero-order valence-electron chi connectivity index (χ0n) is 23.0. The summed E-state index contributed by atoms with van der Waals surface area (Å²) in [6.07, 6.45) is 1.98. The molecule has 11 nitrogen and oxygen atoms in total. The van der Waals surface area contributed by atoms with Gasteiger partial charge in [-0.2, -0.15) is 0 Å².